The molecule has 0 radical (unpaired) electrons. The van der Waals surface area contributed by atoms with E-state index in [4.69, 9.17) is 16.3 Å². The van der Waals surface area contributed by atoms with Crippen LogP contribution in [-0.2, 0) is 11.8 Å². The molecular weight excluding hydrogens is 511 g/mol. The summed E-state index contributed by atoms with van der Waals surface area (Å²) in [5, 5.41) is 11.0. The Bertz CT molecular complexity index is 1320. The van der Waals surface area contributed by atoms with E-state index in [1.54, 1.807) is 35.3 Å². The summed E-state index contributed by atoms with van der Waals surface area (Å²) < 4.78 is 48.1. The number of alkyl halides is 3. The normalized spacial score (nSPS) is 14.3. The Kier molecular flexibility index (Phi) is 9.73. The van der Waals surface area contributed by atoms with Gasteiger partial charge >= 0.3 is 6.18 Å². The fraction of sp³-hybridized carbons (Fsp3) is 0.333. The van der Waals surface area contributed by atoms with Crippen molar-refractivity contribution in [1.82, 2.24) is 20.4 Å². The number of ether oxygens (including phenoxy) is 1. The number of nitrogens with one attached hydrogen (secondary N) is 2. The van der Waals surface area contributed by atoms with Crippen molar-refractivity contribution in [2.45, 2.75) is 26.4 Å². The topological polar surface area (TPSA) is 123 Å². The minimum absolute atomic E-state index is 0.0382. The van der Waals surface area contributed by atoms with Gasteiger partial charge in [0.05, 0.1) is 24.1 Å². The number of aromatic nitrogens is 2. The molecule has 1 aliphatic rings. The number of amides is 1. The van der Waals surface area contributed by atoms with Crippen LogP contribution in [0.5, 0.6) is 0 Å². The minimum atomic E-state index is -4.63. The van der Waals surface area contributed by atoms with Gasteiger partial charge in [0.25, 0.3) is 5.91 Å². The number of nitrogens with zero attached hydrogens (tertiary/aromatic N) is 3. The third-order valence-corrected chi connectivity index (χ3v) is 6.28. The number of carbonyl (C=O) groups is 1. The van der Waals surface area contributed by atoms with Crippen molar-refractivity contribution in [3.8, 4) is 0 Å². The van der Waals surface area contributed by atoms with Gasteiger partial charge in [0, 0.05) is 61.7 Å². The molecule has 0 atom stereocenters. The first-order valence-corrected chi connectivity index (χ1v) is 12.2. The number of aryl methyl sites for hydroxylation is 2. The highest BCUT2D eigenvalue weighted by atomic mass is 19.4. The summed E-state index contributed by atoms with van der Waals surface area (Å²) in [5.74, 6) is 5.77. The third kappa shape index (κ3) is 7.37. The van der Waals surface area contributed by atoms with Crippen LogP contribution in [0.3, 0.4) is 0 Å². The number of halogens is 3. The number of nitrogens with two attached hydrogens (primary N) is 2. The molecule has 39 heavy (non-hydrogen) atoms. The second kappa shape index (κ2) is 12.8. The summed E-state index contributed by atoms with van der Waals surface area (Å²) in [6.07, 6.45) is 2.81. The average molecular weight is 546 g/mol. The number of benzene rings is 1. The average Bonchev–Trinajstić information content (AvgIpc) is 3.08. The first kappa shape index (κ1) is 29.7. The zero-order chi connectivity index (χ0) is 28.7. The maximum absolute atomic E-state index is 13.8. The zero-order valence-electron chi connectivity index (χ0n) is 22.4. The largest absolute Gasteiger partial charge is 0.418 e. The van der Waals surface area contributed by atoms with E-state index < -0.39 is 17.7 Å². The molecule has 0 spiro atoms. The molecule has 0 bridgehead atoms. The number of hydrogen-bond donors (Lipinski definition) is 4. The maximum atomic E-state index is 13.8. The molecule has 1 aromatic heterocycles. The Morgan fingerprint density at radius 1 is 1.28 bits per heavy atom. The molecule has 9 nitrogen and oxygen atoms in total. The summed E-state index contributed by atoms with van der Waals surface area (Å²) in [6, 6.07) is 4.88. The van der Waals surface area contributed by atoms with Gasteiger partial charge in [-0.3, -0.25) is 14.5 Å². The number of methoxy groups -OCH3 is 1. The highest BCUT2D eigenvalue weighted by molar-refractivity contribution is 5.96. The summed E-state index contributed by atoms with van der Waals surface area (Å²) >= 11 is 0. The number of hydrazine groups is 1. The van der Waals surface area contributed by atoms with Crippen LogP contribution in [0.2, 0.25) is 0 Å². The van der Waals surface area contributed by atoms with E-state index in [1.807, 2.05) is 20.9 Å². The van der Waals surface area contributed by atoms with Crippen LogP contribution in [-0.4, -0.2) is 48.7 Å². The van der Waals surface area contributed by atoms with E-state index in [-0.39, 0.29) is 43.1 Å². The van der Waals surface area contributed by atoms with E-state index in [0.717, 1.165) is 28.5 Å². The Balaban J connectivity index is 1.84. The van der Waals surface area contributed by atoms with Gasteiger partial charge in [0.15, 0.2) is 0 Å². The van der Waals surface area contributed by atoms with Gasteiger partial charge in [0.1, 0.15) is 0 Å². The number of anilines is 1. The SMILES string of the molecule is COCCNC1=CCC=C(NC(=O)c2ccc(C)c(N(N)/C=C(\CN)c3cnn(C)c3C)c2)C=C1C(F)(F)F. The van der Waals surface area contributed by atoms with E-state index in [9.17, 15) is 18.0 Å². The highest BCUT2D eigenvalue weighted by Gasteiger charge is 2.36. The van der Waals surface area contributed by atoms with Crippen molar-refractivity contribution < 1.29 is 22.7 Å². The van der Waals surface area contributed by atoms with Gasteiger partial charge in [-0.1, -0.05) is 18.2 Å². The second-order valence-corrected chi connectivity index (χ2v) is 8.98. The summed E-state index contributed by atoms with van der Waals surface area (Å²) in [7, 11) is 3.29. The monoisotopic (exact) mass is 545 g/mol. The molecule has 0 unspecified atom stereocenters. The fourth-order valence-electron chi connectivity index (χ4n) is 4.00. The van der Waals surface area contributed by atoms with Crippen LogP contribution in [0.4, 0.5) is 18.9 Å². The maximum Gasteiger partial charge on any atom is 0.418 e. The van der Waals surface area contributed by atoms with E-state index >= 15 is 0 Å². The molecule has 1 amide bonds. The molecular formula is C27H34F3N7O2. The number of rotatable bonds is 10. The molecule has 0 fully saturated rings. The Labute approximate surface area is 225 Å². The predicted octanol–water partition coefficient (Wildman–Crippen LogP) is 3.34. The Morgan fingerprint density at radius 2 is 2.03 bits per heavy atom. The molecule has 0 saturated carbocycles. The van der Waals surface area contributed by atoms with Gasteiger partial charge < -0.3 is 21.1 Å². The lowest BCUT2D eigenvalue weighted by atomic mass is 10.1. The fourth-order valence-corrected chi connectivity index (χ4v) is 4.00. The number of carbonyl (C=O) groups excluding carboxylic acids is 1. The molecule has 3 rings (SSSR count). The lowest BCUT2D eigenvalue weighted by Crippen LogP contribution is -2.28. The smallest absolute Gasteiger partial charge is 0.383 e. The summed E-state index contributed by atoms with van der Waals surface area (Å²) in [4.78, 5) is 13.1. The predicted molar refractivity (Wildman–Crippen MR) is 145 cm³/mol. The van der Waals surface area contributed by atoms with Crippen molar-refractivity contribution in [3.05, 3.63) is 88.2 Å². The quantitative estimate of drug-likeness (QED) is 0.205. The molecule has 1 aliphatic carbocycles. The van der Waals surface area contributed by atoms with Gasteiger partial charge in [-0.05, 0) is 49.6 Å². The lowest BCUT2D eigenvalue weighted by molar-refractivity contribution is -0.0899. The van der Waals surface area contributed by atoms with Crippen molar-refractivity contribution in [2.24, 2.45) is 18.6 Å². The van der Waals surface area contributed by atoms with Crippen LogP contribution in [0.1, 0.15) is 33.6 Å². The molecule has 210 valence electrons. The Morgan fingerprint density at radius 3 is 2.64 bits per heavy atom. The highest BCUT2D eigenvalue weighted by Crippen LogP contribution is 2.32. The first-order valence-electron chi connectivity index (χ1n) is 12.2. The molecule has 0 aliphatic heterocycles. The Hall–Kier alpha value is -3.87. The van der Waals surface area contributed by atoms with Crippen molar-refractivity contribution in [1.29, 1.82) is 0 Å². The zero-order valence-corrected chi connectivity index (χ0v) is 22.4. The van der Waals surface area contributed by atoms with Gasteiger partial charge in [-0.25, -0.2) is 5.84 Å². The molecule has 1 aromatic carbocycles. The van der Waals surface area contributed by atoms with Gasteiger partial charge in [-0.2, -0.15) is 18.3 Å². The summed E-state index contributed by atoms with van der Waals surface area (Å²) in [6.45, 7) is 4.41. The first-order chi connectivity index (χ1) is 18.5. The van der Waals surface area contributed by atoms with E-state index in [1.165, 1.54) is 24.3 Å². The van der Waals surface area contributed by atoms with Crippen molar-refractivity contribution >= 4 is 17.2 Å². The van der Waals surface area contributed by atoms with Crippen LogP contribution in [0.25, 0.3) is 5.57 Å². The second-order valence-electron chi connectivity index (χ2n) is 8.98. The van der Waals surface area contributed by atoms with E-state index in [0.29, 0.717) is 5.69 Å². The molecule has 12 heteroatoms. The van der Waals surface area contributed by atoms with Crippen LogP contribution < -0.4 is 27.2 Å². The molecule has 1 heterocycles. The van der Waals surface area contributed by atoms with Crippen LogP contribution in [0, 0.1) is 13.8 Å². The van der Waals surface area contributed by atoms with Crippen LogP contribution >= 0.6 is 0 Å². The minimum Gasteiger partial charge on any atom is -0.383 e. The number of hydrogen-bond acceptors (Lipinski definition) is 7. The molecule has 2 aromatic rings. The number of allylic oxidation sites excluding steroid dienone is 4. The van der Waals surface area contributed by atoms with Crippen LogP contribution in [0.15, 0.2) is 65.8 Å². The molecule has 0 saturated heterocycles. The van der Waals surface area contributed by atoms with Crippen molar-refractivity contribution in [2.75, 3.05) is 31.8 Å². The van der Waals surface area contributed by atoms with Gasteiger partial charge in [0.2, 0.25) is 0 Å². The third-order valence-electron chi connectivity index (χ3n) is 6.28. The molecule has 6 N–H and O–H groups in total. The van der Waals surface area contributed by atoms with Gasteiger partial charge in [-0.15, -0.1) is 0 Å². The van der Waals surface area contributed by atoms with Crippen molar-refractivity contribution in [3.63, 3.8) is 0 Å². The standard InChI is InChI=1S/C27H34F3N7O2/c1-17-8-9-19(12-25(17)37(32)16-20(14-31)22-15-34-36(3)18(22)2)26(38)35-21-6-5-7-24(33-10-11-39-4)23(13-21)27(28,29)30/h6-9,12-13,15-16,33H,5,10-11,14,31-32H2,1-4H3,(H,35,38)/b20-16+. The summed E-state index contributed by atoms with van der Waals surface area (Å²) in [5.41, 5.74) is 9.11. The van der Waals surface area contributed by atoms with E-state index in [2.05, 4.69) is 15.7 Å². The lowest BCUT2D eigenvalue weighted by Gasteiger charge is -2.20.